The van der Waals surface area contributed by atoms with Crippen molar-refractivity contribution in [1.82, 2.24) is 0 Å². The monoisotopic (exact) mass is 262 g/mol. The van der Waals surface area contributed by atoms with Gasteiger partial charge in [0.15, 0.2) is 0 Å². The molecule has 19 heavy (non-hydrogen) atoms. The number of aryl methyl sites for hydroxylation is 1. The van der Waals surface area contributed by atoms with Crippen LogP contribution in [0.2, 0.25) is 0 Å². The van der Waals surface area contributed by atoms with Crippen molar-refractivity contribution in [2.24, 2.45) is 5.41 Å². The second kappa shape index (κ2) is 5.19. The lowest BCUT2D eigenvalue weighted by Gasteiger charge is -2.35. The summed E-state index contributed by atoms with van der Waals surface area (Å²) in [7, 11) is 0. The lowest BCUT2D eigenvalue weighted by atomic mass is 9.75. The van der Waals surface area contributed by atoms with Gasteiger partial charge in [-0.2, -0.15) is 0 Å². The van der Waals surface area contributed by atoms with Crippen LogP contribution in [0.4, 0.5) is 11.4 Å². The number of anilines is 1. The maximum absolute atomic E-state index is 11.2. The fourth-order valence-corrected chi connectivity index (χ4v) is 2.78. The van der Waals surface area contributed by atoms with Gasteiger partial charge in [-0.15, -0.1) is 0 Å². The van der Waals surface area contributed by atoms with Gasteiger partial charge in [-0.25, -0.2) is 0 Å². The van der Waals surface area contributed by atoms with Crippen LogP contribution in [0, 0.1) is 22.5 Å². The van der Waals surface area contributed by atoms with Crippen LogP contribution in [-0.4, -0.2) is 11.0 Å². The molecule has 0 spiro atoms. The van der Waals surface area contributed by atoms with Gasteiger partial charge in [0, 0.05) is 11.6 Å². The summed E-state index contributed by atoms with van der Waals surface area (Å²) < 4.78 is 0. The predicted octanol–water partition coefficient (Wildman–Crippen LogP) is 4.28. The molecular weight excluding hydrogens is 240 g/mol. The molecule has 0 aliphatic heterocycles. The fraction of sp³-hybridized carbons (Fsp3) is 0.600. The molecule has 1 N–H and O–H groups in total. The Labute approximate surface area is 114 Å². The second-order valence-electron chi connectivity index (χ2n) is 6.31. The van der Waals surface area contributed by atoms with Crippen molar-refractivity contribution >= 4 is 11.4 Å². The lowest BCUT2D eigenvalue weighted by molar-refractivity contribution is -0.384. The first kappa shape index (κ1) is 13.8. The van der Waals surface area contributed by atoms with E-state index in [1.807, 2.05) is 12.1 Å². The number of nitro groups is 1. The third-order valence-electron chi connectivity index (χ3n) is 4.12. The topological polar surface area (TPSA) is 55.2 Å². The van der Waals surface area contributed by atoms with E-state index in [0.29, 0.717) is 22.7 Å². The average Bonchev–Trinajstić information content (AvgIpc) is 2.31. The highest BCUT2D eigenvalue weighted by Crippen LogP contribution is 2.37. The van der Waals surface area contributed by atoms with Gasteiger partial charge in [-0.1, -0.05) is 26.0 Å². The number of para-hydroxylation sites is 1. The van der Waals surface area contributed by atoms with Crippen LogP contribution in [-0.2, 0) is 0 Å². The molecule has 0 atom stereocenters. The quantitative estimate of drug-likeness (QED) is 0.653. The van der Waals surface area contributed by atoms with E-state index in [-0.39, 0.29) is 10.6 Å². The fourth-order valence-electron chi connectivity index (χ4n) is 2.78. The Morgan fingerprint density at radius 3 is 2.53 bits per heavy atom. The van der Waals surface area contributed by atoms with Crippen LogP contribution in [0.5, 0.6) is 0 Å². The van der Waals surface area contributed by atoms with Crippen LogP contribution in [0.3, 0.4) is 0 Å². The van der Waals surface area contributed by atoms with Crippen molar-refractivity contribution in [3.8, 4) is 0 Å². The molecule has 0 bridgehead atoms. The van der Waals surface area contributed by atoms with E-state index < -0.39 is 0 Å². The Morgan fingerprint density at radius 1 is 1.32 bits per heavy atom. The van der Waals surface area contributed by atoms with Crippen molar-refractivity contribution in [2.45, 2.75) is 52.5 Å². The molecule has 1 aliphatic carbocycles. The van der Waals surface area contributed by atoms with Gasteiger partial charge in [0.1, 0.15) is 5.69 Å². The Hall–Kier alpha value is -1.58. The predicted molar refractivity (Wildman–Crippen MR) is 77.5 cm³/mol. The SMILES string of the molecule is Cc1cccc(NC2CCC(C)(C)CC2)c1[N+](=O)[O-]. The highest BCUT2D eigenvalue weighted by molar-refractivity contribution is 5.65. The first-order valence-electron chi connectivity index (χ1n) is 6.90. The molecule has 2 rings (SSSR count). The summed E-state index contributed by atoms with van der Waals surface area (Å²) in [5.41, 5.74) is 2.00. The first-order chi connectivity index (χ1) is 8.89. The summed E-state index contributed by atoms with van der Waals surface area (Å²) in [6, 6.07) is 5.82. The summed E-state index contributed by atoms with van der Waals surface area (Å²) in [4.78, 5) is 10.9. The van der Waals surface area contributed by atoms with Crippen LogP contribution in [0.25, 0.3) is 0 Å². The molecule has 104 valence electrons. The summed E-state index contributed by atoms with van der Waals surface area (Å²) in [6.07, 6.45) is 4.50. The number of hydrogen-bond donors (Lipinski definition) is 1. The highest BCUT2D eigenvalue weighted by atomic mass is 16.6. The number of nitro benzene ring substituents is 1. The third-order valence-corrected chi connectivity index (χ3v) is 4.12. The zero-order valence-corrected chi connectivity index (χ0v) is 11.9. The largest absolute Gasteiger partial charge is 0.377 e. The molecule has 0 amide bonds. The average molecular weight is 262 g/mol. The van der Waals surface area contributed by atoms with Crippen LogP contribution in [0.15, 0.2) is 18.2 Å². The van der Waals surface area contributed by atoms with Crippen molar-refractivity contribution in [3.05, 3.63) is 33.9 Å². The molecule has 0 saturated heterocycles. The van der Waals surface area contributed by atoms with Crippen LogP contribution in [0.1, 0.15) is 45.1 Å². The maximum atomic E-state index is 11.2. The molecule has 0 aromatic heterocycles. The van der Waals surface area contributed by atoms with Crippen LogP contribution < -0.4 is 5.32 Å². The maximum Gasteiger partial charge on any atom is 0.295 e. The number of rotatable bonds is 3. The molecule has 1 aliphatic rings. The van der Waals surface area contributed by atoms with E-state index in [2.05, 4.69) is 19.2 Å². The van der Waals surface area contributed by atoms with Crippen LogP contribution >= 0.6 is 0 Å². The lowest BCUT2D eigenvalue weighted by Crippen LogP contribution is -2.30. The Kier molecular flexibility index (Phi) is 3.78. The van der Waals surface area contributed by atoms with E-state index in [1.165, 1.54) is 12.8 Å². The van der Waals surface area contributed by atoms with Crippen molar-refractivity contribution < 1.29 is 4.92 Å². The number of hydrogen-bond acceptors (Lipinski definition) is 3. The number of nitrogens with one attached hydrogen (secondary N) is 1. The van der Waals surface area contributed by atoms with Crippen molar-refractivity contribution in [1.29, 1.82) is 0 Å². The normalized spacial score (nSPS) is 19.1. The molecule has 1 saturated carbocycles. The van der Waals surface area contributed by atoms with E-state index in [1.54, 1.807) is 13.0 Å². The smallest absolute Gasteiger partial charge is 0.295 e. The van der Waals surface area contributed by atoms with E-state index in [0.717, 1.165) is 12.8 Å². The third kappa shape index (κ3) is 3.25. The first-order valence-corrected chi connectivity index (χ1v) is 6.90. The number of nitrogens with zero attached hydrogens (tertiary/aromatic N) is 1. The molecule has 1 fully saturated rings. The van der Waals surface area contributed by atoms with Crippen molar-refractivity contribution in [3.63, 3.8) is 0 Å². The Bertz CT molecular complexity index is 473. The molecule has 1 aromatic carbocycles. The molecular formula is C15H22N2O2. The van der Waals surface area contributed by atoms with E-state index in [4.69, 9.17) is 0 Å². The summed E-state index contributed by atoms with van der Waals surface area (Å²) in [6.45, 7) is 6.37. The minimum atomic E-state index is -0.287. The van der Waals surface area contributed by atoms with Crippen molar-refractivity contribution in [2.75, 3.05) is 5.32 Å². The number of benzene rings is 1. The molecule has 4 heteroatoms. The van der Waals surface area contributed by atoms with Gasteiger partial charge in [0.05, 0.1) is 4.92 Å². The van der Waals surface area contributed by atoms with Gasteiger partial charge in [0.25, 0.3) is 5.69 Å². The minimum Gasteiger partial charge on any atom is -0.377 e. The Morgan fingerprint density at radius 2 is 1.95 bits per heavy atom. The van der Waals surface area contributed by atoms with Gasteiger partial charge in [0.2, 0.25) is 0 Å². The highest BCUT2D eigenvalue weighted by Gasteiger charge is 2.28. The molecule has 1 aromatic rings. The zero-order chi connectivity index (χ0) is 14.0. The second-order valence-corrected chi connectivity index (χ2v) is 6.31. The molecule has 0 unspecified atom stereocenters. The summed E-state index contributed by atoms with van der Waals surface area (Å²) in [5.74, 6) is 0. The van der Waals surface area contributed by atoms with Gasteiger partial charge < -0.3 is 5.32 Å². The summed E-state index contributed by atoms with van der Waals surface area (Å²) in [5, 5.41) is 14.5. The Balaban J connectivity index is 2.12. The van der Waals surface area contributed by atoms with Gasteiger partial charge >= 0.3 is 0 Å². The minimum absolute atomic E-state index is 0.215. The van der Waals surface area contributed by atoms with E-state index in [9.17, 15) is 10.1 Å². The standard InChI is InChI=1S/C15H22N2O2/c1-11-5-4-6-13(14(11)17(18)19)16-12-7-9-15(2,3)10-8-12/h4-6,12,16H,7-10H2,1-3H3. The van der Waals surface area contributed by atoms with Gasteiger partial charge in [-0.05, 0) is 44.1 Å². The molecule has 4 nitrogen and oxygen atoms in total. The summed E-state index contributed by atoms with van der Waals surface area (Å²) >= 11 is 0. The molecule has 0 radical (unpaired) electrons. The van der Waals surface area contributed by atoms with E-state index >= 15 is 0 Å². The van der Waals surface area contributed by atoms with Gasteiger partial charge in [-0.3, -0.25) is 10.1 Å². The zero-order valence-electron chi connectivity index (χ0n) is 11.9. The molecule has 0 heterocycles.